The Hall–Kier alpha value is -1.36. The average molecular weight is 290 g/mol. The first kappa shape index (κ1) is 14.6. The first-order valence-electron chi connectivity index (χ1n) is 8.06. The van der Waals surface area contributed by atoms with Gasteiger partial charge < -0.3 is 9.88 Å². The normalized spacial score (nSPS) is 34.5. The number of hydrogen-bond acceptors (Lipinski definition) is 3. The lowest BCUT2D eigenvalue weighted by Crippen LogP contribution is -2.41. The van der Waals surface area contributed by atoms with Gasteiger partial charge in [-0.25, -0.2) is 4.98 Å². The Kier molecular flexibility index (Phi) is 3.78. The van der Waals surface area contributed by atoms with E-state index in [9.17, 15) is 4.79 Å². The summed E-state index contributed by atoms with van der Waals surface area (Å²) >= 11 is 0. The van der Waals surface area contributed by atoms with Crippen LogP contribution in [-0.2, 0) is 11.2 Å². The number of nitrogens with zero attached hydrogens (tertiary/aromatic N) is 3. The Bertz CT molecular complexity index is 500. The first-order valence-corrected chi connectivity index (χ1v) is 8.06. The predicted octanol–water partition coefficient (Wildman–Crippen LogP) is 1.88. The standard InChI is InChI=1S/C16H26N4O/c1-5-10(2)15-16(21)20-13(7-12-8-17-9-18-12)11(3)6-14(20)19(15)4/h8-11,13-15H,5-7H2,1-4H3,(H,17,18). The van der Waals surface area contributed by atoms with E-state index in [-0.39, 0.29) is 18.2 Å². The lowest BCUT2D eigenvalue weighted by atomic mass is 9.94. The van der Waals surface area contributed by atoms with Crippen molar-refractivity contribution >= 4 is 5.91 Å². The van der Waals surface area contributed by atoms with Gasteiger partial charge in [0.1, 0.15) is 0 Å². The van der Waals surface area contributed by atoms with Crippen LogP contribution in [-0.4, -0.2) is 51.0 Å². The van der Waals surface area contributed by atoms with E-state index in [1.807, 2.05) is 6.20 Å². The number of aromatic nitrogens is 2. The second-order valence-corrected chi connectivity index (χ2v) is 6.77. The number of aromatic amines is 1. The van der Waals surface area contributed by atoms with Crippen LogP contribution in [0.4, 0.5) is 0 Å². The van der Waals surface area contributed by atoms with Crippen LogP contribution in [0.5, 0.6) is 0 Å². The molecule has 0 aromatic carbocycles. The zero-order chi connectivity index (χ0) is 15.1. The Morgan fingerprint density at radius 3 is 2.90 bits per heavy atom. The lowest BCUT2D eigenvalue weighted by Gasteiger charge is -2.26. The topological polar surface area (TPSA) is 52.2 Å². The molecule has 3 rings (SSSR count). The molecule has 5 heteroatoms. The summed E-state index contributed by atoms with van der Waals surface area (Å²) in [5.74, 6) is 1.26. The summed E-state index contributed by atoms with van der Waals surface area (Å²) in [5.41, 5.74) is 1.05. The third kappa shape index (κ3) is 2.27. The third-order valence-electron chi connectivity index (χ3n) is 5.49. The van der Waals surface area contributed by atoms with Crippen molar-refractivity contribution in [2.24, 2.45) is 11.8 Å². The number of rotatable bonds is 4. The van der Waals surface area contributed by atoms with Gasteiger partial charge in [0, 0.05) is 18.7 Å². The number of imidazole rings is 1. The number of likely N-dealkylation sites (N-methyl/N-ethyl adjacent to an activating group) is 1. The number of nitrogens with one attached hydrogen (secondary N) is 1. The SMILES string of the molecule is CCC(C)C1C(=O)N2C(Cc3c[nH]cn3)C(C)CC2N1C. The molecule has 2 aliphatic heterocycles. The molecular weight excluding hydrogens is 264 g/mol. The maximum Gasteiger partial charge on any atom is 0.241 e. The highest BCUT2D eigenvalue weighted by Crippen LogP contribution is 2.40. The molecule has 1 N–H and O–H groups in total. The maximum absolute atomic E-state index is 12.9. The molecule has 1 aromatic heterocycles. The molecule has 21 heavy (non-hydrogen) atoms. The van der Waals surface area contributed by atoms with Crippen LogP contribution in [0.15, 0.2) is 12.5 Å². The minimum Gasteiger partial charge on any atom is -0.351 e. The summed E-state index contributed by atoms with van der Waals surface area (Å²) in [4.78, 5) is 24.7. The van der Waals surface area contributed by atoms with Crippen LogP contribution in [0.1, 0.15) is 39.3 Å². The zero-order valence-corrected chi connectivity index (χ0v) is 13.4. The Morgan fingerprint density at radius 2 is 2.29 bits per heavy atom. The van der Waals surface area contributed by atoms with E-state index < -0.39 is 0 Å². The van der Waals surface area contributed by atoms with Crippen molar-refractivity contribution in [3.63, 3.8) is 0 Å². The molecule has 2 saturated heterocycles. The highest BCUT2D eigenvalue weighted by atomic mass is 16.2. The Labute approximate surface area is 126 Å². The molecule has 2 fully saturated rings. The van der Waals surface area contributed by atoms with Crippen molar-refractivity contribution in [1.82, 2.24) is 19.8 Å². The molecule has 0 saturated carbocycles. The molecule has 0 radical (unpaired) electrons. The fraction of sp³-hybridized carbons (Fsp3) is 0.750. The Morgan fingerprint density at radius 1 is 1.52 bits per heavy atom. The van der Waals surface area contributed by atoms with Gasteiger partial charge in [-0.15, -0.1) is 0 Å². The fourth-order valence-corrected chi connectivity index (χ4v) is 4.07. The van der Waals surface area contributed by atoms with Crippen LogP contribution in [0.2, 0.25) is 0 Å². The number of carbonyl (C=O) groups is 1. The molecule has 0 bridgehead atoms. The first-order chi connectivity index (χ1) is 10.0. The summed E-state index contributed by atoms with van der Waals surface area (Å²) in [6.45, 7) is 6.61. The van der Waals surface area contributed by atoms with E-state index in [4.69, 9.17) is 0 Å². The van der Waals surface area contributed by atoms with Crippen molar-refractivity contribution < 1.29 is 4.79 Å². The summed E-state index contributed by atoms with van der Waals surface area (Å²) in [5, 5.41) is 0. The largest absolute Gasteiger partial charge is 0.351 e. The van der Waals surface area contributed by atoms with Gasteiger partial charge in [0.2, 0.25) is 5.91 Å². The molecule has 5 nitrogen and oxygen atoms in total. The number of carbonyl (C=O) groups excluding carboxylic acids is 1. The van der Waals surface area contributed by atoms with Crippen molar-refractivity contribution in [2.45, 2.75) is 58.3 Å². The second-order valence-electron chi connectivity index (χ2n) is 6.77. The van der Waals surface area contributed by atoms with E-state index in [0.29, 0.717) is 17.7 Å². The molecule has 0 aliphatic carbocycles. The molecule has 5 unspecified atom stereocenters. The van der Waals surface area contributed by atoms with E-state index in [2.05, 4.69) is 47.6 Å². The molecule has 1 amide bonds. The second kappa shape index (κ2) is 5.44. The van der Waals surface area contributed by atoms with Gasteiger partial charge in [-0.2, -0.15) is 0 Å². The fourth-order valence-electron chi connectivity index (χ4n) is 4.07. The summed E-state index contributed by atoms with van der Waals surface area (Å²) < 4.78 is 0. The minimum atomic E-state index is 0.0502. The third-order valence-corrected chi connectivity index (χ3v) is 5.49. The van der Waals surface area contributed by atoms with Crippen molar-refractivity contribution in [3.05, 3.63) is 18.2 Å². The highest BCUT2D eigenvalue weighted by molar-refractivity contribution is 5.85. The average Bonchev–Trinajstić information content (AvgIpc) is 3.12. The van der Waals surface area contributed by atoms with Gasteiger partial charge in [0.15, 0.2) is 0 Å². The molecule has 0 spiro atoms. The lowest BCUT2D eigenvalue weighted by molar-refractivity contribution is -0.132. The molecule has 3 heterocycles. The molecule has 116 valence electrons. The van der Waals surface area contributed by atoms with Crippen LogP contribution >= 0.6 is 0 Å². The van der Waals surface area contributed by atoms with E-state index in [1.165, 1.54) is 0 Å². The van der Waals surface area contributed by atoms with Crippen LogP contribution < -0.4 is 0 Å². The Balaban J connectivity index is 1.83. The quantitative estimate of drug-likeness (QED) is 0.921. The molecule has 5 atom stereocenters. The van der Waals surface area contributed by atoms with Crippen molar-refractivity contribution in [1.29, 1.82) is 0 Å². The van der Waals surface area contributed by atoms with E-state index >= 15 is 0 Å². The highest BCUT2D eigenvalue weighted by Gasteiger charge is 2.53. The van der Waals surface area contributed by atoms with Gasteiger partial charge in [-0.05, 0) is 25.3 Å². The summed E-state index contributed by atoms with van der Waals surface area (Å²) in [6, 6.07) is 0.330. The van der Waals surface area contributed by atoms with E-state index in [1.54, 1.807) is 6.33 Å². The predicted molar refractivity (Wildman–Crippen MR) is 81.5 cm³/mol. The van der Waals surface area contributed by atoms with Crippen molar-refractivity contribution in [2.75, 3.05) is 7.05 Å². The monoisotopic (exact) mass is 290 g/mol. The summed E-state index contributed by atoms with van der Waals surface area (Å²) in [6.07, 6.45) is 6.90. The maximum atomic E-state index is 12.9. The van der Waals surface area contributed by atoms with Crippen LogP contribution in [0, 0.1) is 11.8 Å². The van der Waals surface area contributed by atoms with Gasteiger partial charge in [0.05, 0.1) is 24.2 Å². The molecule has 1 aromatic rings. The van der Waals surface area contributed by atoms with Gasteiger partial charge in [-0.1, -0.05) is 27.2 Å². The molecular formula is C16H26N4O. The van der Waals surface area contributed by atoms with Gasteiger partial charge >= 0.3 is 0 Å². The smallest absolute Gasteiger partial charge is 0.241 e. The molecule has 2 aliphatic rings. The summed E-state index contributed by atoms with van der Waals surface area (Å²) in [7, 11) is 2.11. The zero-order valence-electron chi connectivity index (χ0n) is 13.4. The number of H-pyrrole nitrogens is 1. The van der Waals surface area contributed by atoms with Gasteiger partial charge in [0.25, 0.3) is 0 Å². The number of fused-ring (bicyclic) bond motifs is 1. The van der Waals surface area contributed by atoms with Crippen LogP contribution in [0.25, 0.3) is 0 Å². The van der Waals surface area contributed by atoms with Crippen LogP contribution in [0.3, 0.4) is 0 Å². The minimum absolute atomic E-state index is 0.0502. The van der Waals surface area contributed by atoms with Crippen molar-refractivity contribution in [3.8, 4) is 0 Å². The number of hydrogen-bond donors (Lipinski definition) is 1. The van der Waals surface area contributed by atoms with Gasteiger partial charge in [-0.3, -0.25) is 9.69 Å². The number of amides is 1. The van der Waals surface area contributed by atoms with E-state index in [0.717, 1.165) is 25.0 Å².